The number of hydrogen-bond donors (Lipinski definition) is 1. The molecular weight excluding hydrogens is 325 g/mol. The van der Waals surface area contributed by atoms with Gasteiger partial charge in [-0.3, -0.25) is 0 Å². The van der Waals surface area contributed by atoms with Crippen LogP contribution < -0.4 is 8.91 Å². The van der Waals surface area contributed by atoms with Crippen molar-refractivity contribution < 1.29 is 26.5 Å². The molecule has 0 unspecified atom stereocenters. The van der Waals surface area contributed by atoms with Crippen molar-refractivity contribution in [3.05, 3.63) is 65.5 Å². The van der Waals surface area contributed by atoms with Gasteiger partial charge in [-0.1, -0.05) is 30.3 Å². The van der Waals surface area contributed by atoms with Crippen molar-refractivity contribution in [3.63, 3.8) is 0 Å². The van der Waals surface area contributed by atoms with Gasteiger partial charge in [0, 0.05) is 5.56 Å². The molecule has 6 nitrogen and oxygen atoms in total. The van der Waals surface area contributed by atoms with Crippen LogP contribution in [0.15, 0.2) is 48.5 Å². The van der Waals surface area contributed by atoms with E-state index in [-0.39, 0.29) is 16.9 Å². The molecule has 3 rings (SSSR count). The number of hydrogen-bond acceptors (Lipinski definition) is 5. The second-order valence-corrected chi connectivity index (χ2v) is 6.16. The van der Waals surface area contributed by atoms with Gasteiger partial charge in [0.1, 0.15) is 11.6 Å². The van der Waals surface area contributed by atoms with Crippen molar-refractivity contribution in [3.8, 4) is 5.75 Å². The number of benzene rings is 2. The Kier molecular flexibility index (Phi) is 3.57. The van der Waals surface area contributed by atoms with Crippen molar-refractivity contribution in [2.75, 3.05) is 7.11 Å². The van der Waals surface area contributed by atoms with Crippen LogP contribution in [0.5, 0.6) is 5.75 Å². The van der Waals surface area contributed by atoms with E-state index in [0.717, 1.165) is 19.2 Å². The zero-order valence-corrected chi connectivity index (χ0v) is 12.8. The molecule has 0 spiro atoms. The lowest BCUT2D eigenvalue weighted by atomic mass is 9.83. The normalized spacial score (nSPS) is 21.8. The third kappa shape index (κ3) is 2.45. The molecule has 0 amide bonds. The fraction of sp³-hybridized carbons (Fsp3) is 0.133. The number of nitrogens with one attached hydrogen (secondary N) is 1. The molecule has 0 fully saturated rings. The van der Waals surface area contributed by atoms with E-state index in [4.69, 9.17) is 8.92 Å². The Morgan fingerprint density at radius 1 is 1.17 bits per heavy atom. The predicted molar refractivity (Wildman–Crippen MR) is 78.3 cm³/mol. The van der Waals surface area contributed by atoms with Gasteiger partial charge in [-0.05, 0) is 23.8 Å². The van der Waals surface area contributed by atoms with Gasteiger partial charge < -0.3 is 8.92 Å². The first-order valence-corrected chi connectivity index (χ1v) is 7.97. The van der Waals surface area contributed by atoms with Crippen LogP contribution >= 0.6 is 0 Å². The van der Waals surface area contributed by atoms with Crippen LogP contribution in [0.25, 0.3) is 0 Å². The molecule has 1 heterocycles. The van der Waals surface area contributed by atoms with Crippen molar-refractivity contribution in [2.45, 2.75) is 5.54 Å². The first kappa shape index (κ1) is 15.4. The Bertz CT molecular complexity index is 866. The van der Waals surface area contributed by atoms with E-state index < -0.39 is 27.6 Å². The Morgan fingerprint density at radius 2 is 1.83 bits per heavy atom. The van der Waals surface area contributed by atoms with Crippen LogP contribution in [-0.4, -0.2) is 21.5 Å². The van der Waals surface area contributed by atoms with Gasteiger partial charge in [0.05, 0.1) is 7.11 Å². The number of methoxy groups -OCH3 is 1. The molecule has 0 aromatic heterocycles. The summed E-state index contributed by atoms with van der Waals surface area (Å²) in [6.07, 6.45) is 0. The lowest BCUT2D eigenvalue weighted by molar-refractivity contribution is -0.146. The summed E-state index contributed by atoms with van der Waals surface area (Å²) in [6.45, 7) is 0. The third-order valence-corrected chi connectivity index (χ3v) is 4.49. The first-order chi connectivity index (χ1) is 10.9. The molecule has 2 aromatic rings. The van der Waals surface area contributed by atoms with Crippen molar-refractivity contribution in [1.29, 1.82) is 0 Å². The summed E-state index contributed by atoms with van der Waals surface area (Å²) in [5.41, 5.74) is -1.38. The largest absolute Gasteiger partial charge is 0.467 e. The molecule has 0 radical (unpaired) electrons. The van der Waals surface area contributed by atoms with E-state index in [1.165, 1.54) is 24.3 Å². The molecule has 1 N–H and O–H groups in total. The van der Waals surface area contributed by atoms with Crippen molar-refractivity contribution in [2.24, 2.45) is 0 Å². The van der Waals surface area contributed by atoms with Crippen LogP contribution in [0, 0.1) is 5.82 Å². The lowest BCUT2D eigenvalue weighted by Gasteiger charge is -2.36. The molecule has 0 saturated carbocycles. The highest BCUT2D eigenvalue weighted by Crippen LogP contribution is 2.41. The fourth-order valence-electron chi connectivity index (χ4n) is 2.57. The Balaban J connectivity index is 2.36. The molecule has 23 heavy (non-hydrogen) atoms. The van der Waals surface area contributed by atoms with Crippen LogP contribution in [0.4, 0.5) is 4.39 Å². The highest BCUT2D eigenvalue weighted by molar-refractivity contribution is 7.85. The van der Waals surface area contributed by atoms with Crippen LogP contribution in [0.2, 0.25) is 0 Å². The van der Waals surface area contributed by atoms with E-state index in [9.17, 15) is 17.6 Å². The number of carbonyl (C=O) groups excluding carboxylic acids is 1. The van der Waals surface area contributed by atoms with Gasteiger partial charge >= 0.3 is 16.3 Å². The highest BCUT2D eigenvalue weighted by Gasteiger charge is 2.52. The van der Waals surface area contributed by atoms with Crippen molar-refractivity contribution >= 4 is 16.3 Å². The molecular formula is C15H12FNO5S. The molecule has 8 heteroatoms. The summed E-state index contributed by atoms with van der Waals surface area (Å²) in [7, 11) is -3.12. The SMILES string of the molecule is COC(=O)[C@]1(c2ccc(F)cc2)NS(=O)(=O)Oc2ccccc21. The molecule has 1 aliphatic heterocycles. The number of para-hydroxylation sites is 1. The maximum Gasteiger partial charge on any atom is 0.384 e. The average molecular weight is 337 g/mol. The van der Waals surface area contributed by atoms with Gasteiger partial charge in [-0.2, -0.15) is 13.1 Å². The highest BCUT2D eigenvalue weighted by atomic mass is 32.2. The van der Waals surface area contributed by atoms with E-state index in [1.54, 1.807) is 12.1 Å². The fourth-order valence-corrected chi connectivity index (χ4v) is 3.68. The summed E-state index contributed by atoms with van der Waals surface area (Å²) >= 11 is 0. The number of fused-ring (bicyclic) bond motifs is 1. The Labute approximate surface area is 132 Å². The van der Waals surface area contributed by atoms with E-state index >= 15 is 0 Å². The monoisotopic (exact) mass is 337 g/mol. The van der Waals surface area contributed by atoms with E-state index in [2.05, 4.69) is 4.72 Å². The summed E-state index contributed by atoms with van der Waals surface area (Å²) < 4.78 is 49.3. The van der Waals surface area contributed by atoms with Crippen molar-refractivity contribution in [1.82, 2.24) is 4.72 Å². The van der Waals surface area contributed by atoms with Gasteiger partial charge in [0.25, 0.3) is 0 Å². The average Bonchev–Trinajstić information content (AvgIpc) is 2.53. The third-order valence-electron chi connectivity index (χ3n) is 3.54. The molecule has 1 aliphatic rings. The number of ether oxygens (including phenoxy) is 1. The van der Waals surface area contributed by atoms with Crippen LogP contribution in [0.3, 0.4) is 0 Å². The second-order valence-electron chi connectivity index (χ2n) is 4.88. The zero-order chi connectivity index (χ0) is 16.7. The Morgan fingerprint density at radius 3 is 2.48 bits per heavy atom. The molecule has 120 valence electrons. The summed E-state index contributed by atoms with van der Waals surface area (Å²) in [6, 6.07) is 11.1. The molecule has 1 atom stereocenters. The van der Waals surface area contributed by atoms with Gasteiger partial charge in [-0.25, -0.2) is 9.18 Å². The predicted octanol–water partition coefficient (Wildman–Crippen LogP) is 1.47. The summed E-state index contributed by atoms with van der Waals surface area (Å²) in [4.78, 5) is 12.5. The van der Waals surface area contributed by atoms with Gasteiger partial charge in [-0.15, -0.1) is 0 Å². The van der Waals surface area contributed by atoms with Crippen LogP contribution in [0.1, 0.15) is 11.1 Å². The second kappa shape index (κ2) is 5.32. The standard InChI is InChI=1S/C15H12FNO5S/c1-21-14(18)15(10-6-8-11(16)9-7-10)12-4-2-3-5-13(12)22-23(19,20)17-15/h2-9,17H,1H3/t15-/m1/s1. The maximum absolute atomic E-state index is 13.2. The quantitative estimate of drug-likeness (QED) is 0.839. The molecule has 2 aromatic carbocycles. The summed E-state index contributed by atoms with van der Waals surface area (Å²) in [5.74, 6) is -1.37. The summed E-state index contributed by atoms with van der Waals surface area (Å²) in [5, 5.41) is 0. The topological polar surface area (TPSA) is 81.7 Å². The van der Waals surface area contributed by atoms with Crippen LogP contribution in [-0.2, 0) is 25.4 Å². The minimum atomic E-state index is -4.26. The zero-order valence-electron chi connectivity index (χ0n) is 11.9. The van der Waals surface area contributed by atoms with E-state index in [0.29, 0.717) is 0 Å². The smallest absolute Gasteiger partial charge is 0.384 e. The van der Waals surface area contributed by atoms with Gasteiger partial charge in [0.15, 0.2) is 5.54 Å². The number of halogens is 1. The van der Waals surface area contributed by atoms with Gasteiger partial charge in [0.2, 0.25) is 0 Å². The molecule has 0 saturated heterocycles. The Hall–Kier alpha value is -2.45. The molecule has 0 aliphatic carbocycles. The van der Waals surface area contributed by atoms with E-state index in [1.807, 2.05) is 0 Å². The number of carbonyl (C=O) groups is 1. The minimum Gasteiger partial charge on any atom is -0.467 e. The lowest BCUT2D eigenvalue weighted by Crippen LogP contribution is -2.56. The first-order valence-electron chi connectivity index (χ1n) is 6.56. The molecule has 0 bridgehead atoms. The minimum absolute atomic E-state index is 0.000903. The number of esters is 1. The maximum atomic E-state index is 13.2. The number of rotatable bonds is 2.